The minimum absolute atomic E-state index is 0. The number of aryl methyl sites for hydroxylation is 1. The number of hydrogen-bond donors (Lipinski definition) is 4. The maximum Gasteiger partial charge on any atom is 0.158 e. The van der Waals surface area contributed by atoms with Crippen molar-refractivity contribution in [1.29, 1.82) is 0 Å². The second kappa shape index (κ2) is 18.2. The van der Waals surface area contributed by atoms with Crippen molar-refractivity contribution in [3.8, 4) is 0 Å². The van der Waals surface area contributed by atoms with E-state index in [2.05, 4.69) is 0 Å². The molecule has 0 spiro atoms. The topological polar surface area (TPSA) is 98.0 Å². The van der Waals surface area contributed by atoms with Gasteiger partial charge in [0.1, 0.15) is 6.61 Å². The molecule has 1 aromatic rings. The van der Waals surface area contributed by atoms with Crippen LogP contribution in [0, 0.1) is 100.0 Å². The first-order valence-corrected chi connectivity index (χ1v) is 11.3. The summed E-state index contributed by atoms with van der Waals surface area (Å²) < 4.78 is 0.740. The van der Waals surface area contributed by atoms with Crippen LogP contribution in [0.3, 0.4) is 0 Å². The van der Waals surface area contributed by atoms with Gasteiger partial charge >= 0.3 is 0 Å². The fourth-order valence-corrected chi connectivity index (χ4v) is 4.81. The summed E-state index contributed by atoms with van der Waals surface area (Å²) in [5.41, 5.74) is 0. The molecule has 1 fully saturated rings. The van der Waals surface area contributed by atoms with Crippen molar-refractivity contribution in [2.24, 2.45) is 11.8 Å². The van der Waals surface area contributed by atoms with E-state index in [9.17, 15) is 20.1 Å². The summed E-state index contributed by atoms with van der Waals surface area (Å²) in [5.74, 6) is -0.449. The second-order valence-electron chi connectivity index (χ2n) is 7.60. The van der Waals surface area contributed by atoms with E-state index in [1.165, 1.54) is 11.3 Å². The molecule has 31 heavy (non-hydrogen) atoms. The van der Waals surface area contributed by atoms with E-state index >= 15 is 0 Å². The van der Waals surface area contributed by atoms with Gasteiger partial charge in [0.15, 0.2) is 5.78 Å². The van der Waals surface area contributed by atoms with Crippen molar-refractivity contribution in [2.45, 2.75) is 63.3 Å². The molecule has 3 unspecified atom stereocenters. The quantitative estimate of drug-likeness (QED) is 0.191. The van der Waals surface area contributed by atoms with E-state index in [1.54, 1.807) is 6.08 Å². The minimum Gasteiger partial charge on any atom is -0.393 e. The molecule has 168 valence electrons. The Morgan fingerprint density at radius 2 is 1.97 bits per heavy atom. The van der Waals surface area contributed by atoms with Crippen LogP contribution in [0.25, 0.3) is 0 Å². The Labute approximate surface area is 265 Å². The number of ketones is 1. The molecule has 0 aliphatic heterocycles. The number of unbranched alkanes of at least 4 members (excludes halogenated alkanes) is 1. The van der Waals surface area contributed by atoms with Gasteiger partial charge < -0.3 is 20.4 Å². The molecule has 4 N–H and O–H groups in total. The van der Waals surface area contributed by atoms with Crippen LogP contribution in [0.2, 0.25) is 4.34 Å². The molecule has 9 heteroatoms. The van der Waals surface area contributed by atoms with Crippen molar-refractivity contribution in [3.63, 3.8) is 0 Å². The zero-order valence-electron chi connectivity index (χ0n) is 17.6. The zero-order valence-corrected chi connectivity index (χ0v) is 28.7. The summed E-state index contributed by atoms with van der Waals surface area (Å²) in [5, 5.41) is 39.5. The normalized spacial score (nSPS) is 24.3. The Kier molecular flexibility index (Phi) is 19.3. The SMILES string of the molecule is O=C(CO)CCC/C=C\C[C@H]1C(O)CC(O)[C@@H]1/C=C/C(O)CCc1ccc(Cl)s1.[Ac].[Ac]. The summed E-state index contributed by atoms with van der Waals surface area (Å²) in [4.78, 5) is 12.2. The predicted molar refractivity (Wildman–Crippen MR) is 116 cm³/mol. The maximum atomic E-state index is 11.1. The molecule has 0 aromatic carbocycles. The van der Waals surface area contributed by atoms with E-state index < -0.39 is 24.9 Å². The van der Waals surface area contributed by atoms with E-state index in [4.69, 9.17) is 16.7 Å². The Hall–Kier alpha value is 1.86. The molecule has 1 saturated carbocycles. The van der Waals surface area contributed by atoms with E-state index in [0.29, 0.717) is 32.1 Å². The van der Waals surface area contributed by atoms with Gasteiger partial charge in [0, 0.05) is 112 Å². The van der Waals surface area contributed by atoms with Crippen LogP contribution in [0.5, 0.6) is 0 Å². The standard InChI is InChI=1S/C22H31ClO5S.2Ac/c23-22-12-10-17(29-22)9-7-15(25)8-11-19-18(20(27)13-21(19)28)6-4-2-1-3-5-16(26)14-24;;/h2,4,8,10-12,15,18-21,24-25,27-28H,1,3,5-7,9,13-14H2;;/b4-2-,11-8+;;/t15?,18-,19-,20?,21?;;/m1../s1. The average molecular weight is 897 g/mol. The van der Waals surface area contributed by atoms with Crippen LogP contribution in [-0.2, 0) is 11.2 Å². The van der Waals surface area contributed by atoms with Gasteiger partial charge in [0.2, 0.25) is 0 Å². The molecule has 2 radical (unpaired) electrons. The van der Waals surface area contributed by atoms with Crippen molar-refractivity contribution in [1.82, 2.24) is 0 Å². The monoisotopic (exact) mass is 896 g/mol. The van der Waals surface area contributed by atoms with Gasteiger partial charge in [-0.05, 0) is 50.2 Å². The first-order chi connectivity index (χ1) is 13.9. The maximum absolute atomic E-state index is 11.1. The molecule has 0 amide bonds. The second-order valence-corrected chi connectivity index (χ2v) is 9.40. The molecule has 1 aromatic heterocycles. The van der Waals surface area contributed by atoms with E-state index in [0.717, 1.165) is 22.1 Å². The van der Waals surface area contributed by atoms with Gasteiger partial charge in [-0.3, -0.25) is 4.79 Å². The number of allylic oxidation sites excluding steroid dienone is 2. The first-order valence-electron chi connectivity index (χ1n) is 10.1. The summed E-state index contributed by atoms with van der Waals surface area (Å²) in [6, 6.07) is 3.81. The van der Waals surface area contributed by atoms with Crippen LogP contribution in [0.4, 0.5) is 0 Å². The molecule has 1 aliphatic carbocycles. The molecule has 2 rings (SSSR count). The molecule has 1 aliphatic rings. The van der Waals surface area contributed by atoms with Crippen molar-refractivity contribution in [3.05, 3.63) is 45.7 Å². The molecular formula is C22H31Ac2ClO5S. The fraction of sp³-hybridized carbons (Fsp3) is 0.591. The van der Waals surface area contributed by atoms with Crippen LogP contribution < -0.4 is 0 Å². The van der Waals surface area contributed by atoms with Crippen molar-refractivity contribution >= 4 is 28.7 Å². The summed E-state index contributed by atoms with van der Waals surface area (Å²) in [6.45, 7) is -0.406. The van der Waals surface area contributed by atoms with E-state index in [-0.39, 0.29) is 106 Å². The zero-order chi connectivity index (χ0) is 21.2. The number of hydrogen-bond acceptors (Lipinski definition) is 6. The van der Waals surface area contributed by atoms with Crippen LogP contribution >= 0.6 is 22.9 Å². The van der Waals surface area contributed by atoms with Crippen molar-refractivity contribution < 1.29 is 113 Å². The number of thiophene rings is 1. The largest absolute Gasteiger partial charge is 0.393 e. The Balaban J connectivity index is 0.00000450. The third kappa shape index (κ3) is 12.4. The number of aliphatic hydroxyl groups is 4. The fourth-order valence-electron chi connectivity index (χ4n) is 3.70. The minimum atomic E-state index is -0.620. The summed E-state index contributed by atoms with van der Waals surface area (Å²) in [6.07, 6.45) is 9.79. The molecule has 1 heterocycles. The summed E-state index contributed by atoms with van der Waals surface area (Å²) >= 11 is 7.43. The number of halogens is 1. The number of carbonyl (C=O) groups is 1. The Morgan fingerprint density at radius 1 is 1.23 bits per heavy atom. The van der Waals surface area contributed by atoms with E-state index in [1.807, 2.05) is 30.4 Å². The van der Waals surface area contributed by atoms with Gasteiger partial charge in [-0.1, -0.05) is 35.9 Å². The van der Waals surface area contributed by atoms with Crippen molar-refractivity contribution in [2.75, 3.05) is 6.61 Å². The van der Waals surface area contributed by atoms with Crippen LogP contribution in [-0.4, -0.2) is 51.1 Å². The third-order valence-electron chi connectivity index (χ3n) is 5.36. The van der Waals surface area contributed by atoms with Gasteiger partial charge in [-0.15, -0.1) is 11.3 Å². The van der Waals surface area contributed by atoms with Gasteiger partial charge in [0.05, 0.1) is 22.6 Å². The molecular weight excluding hydrogens is 866 g/mol. The summed E-state index contributed by atoms with van der Waals surface area (Å²) in [7, 11) is 0. The molecule has 5 nitrogen and oxygen atoms in total. The van der Waals surface area contributed by atoms with Gasteiger partial charge in [-0.2, -0.15) is 0 Å². The third-order valence-corrected chi connectivity index (χ3v) is 6.66. The number of aliphatic hydroxyl groups excluding tert-OH is 4. The number of rotatable bonds is 12. The Bertz CT molecular complexity index is 697. The number of carbonyl (C=O) groups excluding carboxylic acids is 1. The van der Waals surface area contributed by atoms with Gasteiger partial charge in [0.25, 0.3) is 0 Å². The van der Waals surface area contributed by atoms with Gasteiger partial charge in [-0.25, -0.2) is 0 Å². The Morgan fingerprint density at radius 3 is 2.61 bits per heavy atom. The smallest absolute Gasteiger partial charge is 0.158 e. The van der Waals surface area contributed by atoms with Crippen LogP contribution in [0.15, 0.2) is 36.4 Å². The first kappa shape index (κ1) is 32.9. The predicted octanol–water partition coefficient (Wildman–Crippen LogP) is 3.29. The number of Topliss-reactive ketones (excluding diaryl/α,β-unsaturated/α-hetero) is 1. The molecule has 0 bridgehead atoms. The molecule has 0 saturated heterocycles. The molecule has 5 atom stereocenters. The van der Waals surface area contributed by atoms with Crippen LogP contribution in [0.1, 0.15) is 43.4 Å². The average Bonchev–Trinajstić information content (AvgIpc) is 3.23.